The van der Waals surface area contributed by atoms with Crippen molar-refractivity contribution >= 4 is 22.4 Å². The Morgan fingerprint density at radius 3 is 2.42 bits per heavy atom. The average molecular weight is 412 g/mol. The number of ether oxygens (including phenoxy) is 1. The van der Waals surface area contributed by atoms with Crippen LogP contribution in [0.3, 0.4) is 0 Å². The Labute approximate surface area is 158 Å². The Bertz CT molecular complexity index is 670. The molecule has 2 saturated heterocycles. The number of benzene rings is 1. The van der Waals surface area contributed by atoms with Gasteiger partial charge in [0.15, 0.2) is 0 Å². The van der Waals surface area contributed by atoms with Crippen LogP contribution in [0.4, 0.5) is 8.78 Å². The predicted octanol–water partition coefficient (Wildman–Crippen LogP) is 1.42. The summed E-state index contributed by atoms with van der Waals surface area (Å²) in [5, 5.41) is 3.30. The molecule has 0 radical (unpaired) electrons. The monoisotopic (exact) mass is 411 g/mol. The molecule has 0 bridgehead atoms. The molecule has 1 atom stereocenters. The zero-order valence-electron chi connectivity index (χ0n) is 14.3. The van der Waals surface area contributed by atoms with Crippen LogP contribution in [0, 0.1) is 0 Å². The molecule has 1 N–H and O–H groups in total. The Balaban J connectivity index is 0.00000243. The van der Waals surface area contributed by atoms with Gasteiger partial charge in [0.05, 0.1) is 4.90 Å². The summed E-state index contributed by atoms with van der Waals surface area (Å²) in [4.78, 5) is 2.51. The maximum Gasteiger partial charge on any atom is 0.272 e. The summed E-state index contributed by atoms with van der Waals surface area (Å²) in [6, 6.07) is 5.91. The van der Waals surface area contributed by atoms with Crippen molar-refractivity contribution in [1.82, 2.24) is 14.5 Å². The first-order valence-electron chi connectivity index (χ1n) is 8.43. The highest BCUT2D eigenvalue weighted by molar-refractivity contribution is 7.89. The van der Waals surface area contributed by atoms with E-state index in [1.807, 2.05) is 0 Å². The maximum absolute atomic E-state index is 12.8. The highest BCUT2D eigenvalue weighted by Gasteiger charge is 2.35. The van der Waals surface area contributed by atoms with Crippen molar-refractivity contribution in [1.29, 1.82) is 0 Å². The zero-order valence-corrected chi connectivity index (χ0v) is 15.9. The lowest BCUT2D eigenvalue weighted by Gasteiger charge is -2.32. The van der Waals surface area contributed by atoms with E-state index < -0.39 is 23.1 Å². The summed E-state index contributed by atoms with van der Waals surface area (Å²) < 4.78 is 56.2. The molecule has 0 saturated carbocycles. The molecule has 0 aliphatic carbocycles. The number of piperazine rings is 1. The lowest BCUT2D eigenvalue weighted by molar-refractivity contribution is 0.0819. The Morgan fingerprint density at radius 1 is 1.15 bits per heavy atom. The van der Waals surface area contributed by atoms with Crippen LogP contribution in [-0.2, 0) is 10.0 Å². The van der Waals surface area contributed by atoms with Gasteiger partial charge in [-0.2, -0.15) is 4.31 Å². The van der Waals surface area contributed by atoms with Crippen molar-refractivity contribution in [3.8, 4) is 5.75 Å². The highest BCUT2D eigenvalue weighted by atomic mass is 35.5. The van der Waals surface area contributed by atoms with Crippen LogP contribution in [0.2, 0.25) is 0 Å². The number of hydrogen-bond acceptors (Lipinski definition) is 5. The summed E-state index contributed by atoms with van der Waals surface area (Å²) in [5.74, 6) is 0.236. The van der Waals surface area contributed by atoms with Gasteiger partial charge in [-0.05, 0) is 30.7 Å². The molecule has 3 rings (SSSR count). The van der Waals surface area contributed by atoms with Crippen LogP contribution < -0.4 is 10.1 Å². The van der Waals surface area contributed by atoms with Crippen molar-refractivity contribution in [2.24, 2.45) is 0 Å². The first kappa shape index (κ1) is 21.3. The minimum absolute atomic E-state index is 0. The van der Waals surface area contributed by atoms with E-state index in [0.717, 1.165) is 32.6 Å². The fraction of sp³-hybridized carbons (Fsp3) is 0.625. The smallest absolute Gasteiger partial charge is 0.272 e. The topological polar surface area (TPSA) is 61.9 Å². The molecule has 1 aromatic rings. The van der Waals surface area contributed by atoms with Gasteiger partial charge in [-0.25, -0.2) is 17.2 Å². The number of halogens is 3. The van der Waals surface area contributed by atoms with E-state index in [9.17, 15) is 17.2 Å². The molecule has 10 heteroatoms. The Morgan fingerprint density at radius 2 is 1.81 bits per heavy atom. The van der Waals surface area contributed by atoms with E-state index in [-0.39, 0.29) is 29.1 Å². The molecule has 6 nitrogen and oxygen atoms in total. The largest absolute Gasteiger partial charge is 0.488 e. The standard InChI is InChI=1S/C16H23F2N3O3S.ClH/c17-16(18)12-24-14-1-3-15(4-2-14)25(22,23)21-8-5-13(11-21)20-9-6-19-7-10-20;/h1-4,13,16,19H,5-12H2;1H. The van der Waals surface area contributed by atoms with Crippen molar-refractivity contribution < 1.29 is 21.9 Å². The van der Waals surface area contributed by atoms with Crippen molar-refractivity contribution in [2.75, 3.05) is 45.9 Å². The molecule has 148 valence electrons. The van der Waals surface area contributed by atoms with Gasteiger partial charge in [0.25, 0.3) is 6.43 Å². The summed E-state index contributed by atoms with van der Waals surface area (Å²) in [6.07, 6.45) is -1.73. The van der Waals surface area contributed by atoms with Crippen molar-refractivity contribution in [2.45, 2.75) is 23.8 Å². The number of rotatable bonds is 6. The minimum Gasteiger partial charge on any atom is -0.488 e. The molecule has 2 heterocycles. The second kappa shape index (κ2) is 9.27. The lowest BCUT2D eigenvalue weighted by Crippen LogP contribution is -2.49. The zero-order chi connectivity index (χ0) is 17.9. The molecule has 2 aliphatic rings. The van der Waals surface area contributed by atoms with Crippen LogP contribution in [0.25, 0.3) is 0 Å². The van der Waals surface area contributed by atoms with Gasteiger partial charge in [-0.3, -0.25) is 4.90 Å². The van der Waals surface area contributed by atoms with E-state index in [1.54, 1.807) is 0 Å². The first-order chi connectivity index (χ1) is 12.0. The quantitative estimate of drug-likeness (QED) is 0.767. The number of nitrogens with zero attached hydrogens (tertiary/aromatic N) is 2. The van der Waals surface area contributed by atoms with Crippen molar-refractivity contribution in [3.63, 3.8) is 0 Å². The SMILES string of the molecule is Cl.O=S(=O)(c1ccc(OCC(F)F)cc1)N1CCC(N2CCNCC2)C1. The molecule has 0 aromatic heterocycles. The lowest BCUT2D eigenvalue weighted by atomic mass is 10.2. The molecule has 1 unspecified atom stereocenters. The third-order valence-corrected chi connectivity index (χ3v) is 6.51. The van der Waals surface area contributed by atoms with Gasteiger partial charge in [0, 0.05) is 45.3 Å². The van der Waals surface area contributed by atoms with Gasteiger partial charge < -0.3 is 10.1 Å². The molecular formula is C16H24ClF2N3O3S. The molecule has 1 aromatic carbocycles. The second-order valence-electron chi connectivity index (χ2n) is 6.27. The highest BCUT2D eigenvalue weighted by Crippen LogP contribution is 2.25. The fourth-order valence-corrected chi connectivity index (χ4v) is 4.78. The molecule has 0 spiro atoms. The van der Waals surface area contributed by atoms with Crippen LogP contribution in [0.15, 0.2) is 29.2 Å². The minimum atomic E-state index is -3.57. The molecule has 26 heavy (non-hydrogen) atoms. The van der Waals surface area contributed by atoms with Crippen LogP contribution in [0.1, 0.15) is 6.42 Å². The number of hydrogen-bond donors (Lipinski definition) is 1. The second-order valence-corrected chi connectivity index (χ2v) is 8.20. The van der Waals surface area contributed by atoms with Gasteiger partial charge in [0.2, 0.25) is 10.0 Å². The number of nitrogens with one attached hydrogen (secondary N) is 1. The number of alkyl halides is 2. The van der Waals surface area contributed by atoms with E-state index in [2.05, 4.69) is 10.2 Å². The van der Waals surface area contributed by atoms with Crippen LogP contribution in [0.5, 0.6) is 5.75 Å². The van der Waals surface area contributed by atoms with E-state index >= 15 is 0 Å². The summed E-state index contributed by atoms with van der Waals surface area (Å²) >= 11 is 0. The normalized spacial score (nSPS) is 22.3. The summed E-state index contributed by atoms with van der Waals surface area (Å²) in [6.45, 7) is 4.03. The van der Waals surface area contributed by atoms with E-state index in [1.165, 1.54) is 28.6 Å². The Hall–Kier alpha value is -1.00. The maximum atomic E-state index is 12.8. The van der Waals surface area contributed by atoms with Gasteiger partial charge in [-0.1, -0.05) is 0 Å². The van der Waals surface area contributed by atoms with Crippen molar-refractivity contribution in [3.05, 3.63) is 24.3 Å². The van der Waals surface area contributed by atoms with E-state index in [4.69, 9.17) is 4.74 Å². The molecule has 0 amide bonds. The van der Waals surface area contributed by atoms with Gasteiger partial charge in [-0.15, -0.1) is 12.4 Å². The first-order valence-corrected chi connectivity index (χ1v) is 9.87. The summed E-state index contributed by atoms with van der Waals surface area (Å²) in [5.41, 5.74) is 0. The molecule has 2 aliphatic heterocycles. The third-order valence-electron chi connectivity index (χ3n) is 4.63. The predicted molar refractivity (Wildman–Crippen MR) is 96.8 cm³/mol. The van der Waals surface area contributed by atoms with Crippen LogP contribution in [-0.4, -0.2) is 76.0 Å². The number of sulfonamides is 1. The average Bonchev–Trinajstić information content (AvgIpc) is 3.12. The molecular weight excluding hydrogens is 388 g/mol. The Kier molecular flexibility index (Phi) is 7.60. The fourth-order valence-electron chi connectivity index (χ4n) is 3.29. The van der Waals surface area contributed by atoms with Crippen LogP contribution >= 0.6 is 12.4 Å². The van der Waals surface area contributed by atoms with Gasteiger partial charge in [0.1, 0.15) is 12.4 Å². The molecule has 2 fully saturated rings. The van der Waals surface area contributed by atoms with E-state index in [0.29, 0.717) is 13.1 Å². The third kappa shape index (κ3) is 5.04. The summed E-state index contributed by atoms with van der Waals surface area (Å²) in [7, 11) is -3.57. The van der Waals surface area contributed by atoms with Gasteiger partial charge >= 0.3 is 0 Å².